The molecule has 0 spiro atoms. The van der Waals surface area contributed by atoms with Gasteiger partial charge in [-0.15, -0.1) is 0 Å². The number of halogens is 1. The Bertz CT molecular complexity index is 897. The minimum absolute atomic E-state index is 0.00516. The number of hydrogen-bond donors (Lipinski definition) is 2. The van der Waals surface area contributed by atoms with Crippen molar-refractivity contribution in [1.82, 2.24) is 10.2 Å². The first-order valence-corrected chi connectivity index (χ1v) is 9.64. The number of amides is 2. The van der Waals surface area contributed by atoms with Crippen LogP contribution in [0.5, 0.6) is 0 Å². The summed E-state index contributed by atoms with van der Waals surface area (Å²) < 4.78 is 0.961. The SMILES string of the molecule is O=C(NC1=Nc2ccccc2C(=S)N2CCCC12)Nc1ccc(Br)cc1. The Morgan fingerprint density at radius 1 is 1.15 bits per heavy atom. The van der Waals surface area contributed by atoms with E-state index in [0.29, 0.717) is 5.84 Å². The van der Waals surface area contributed by atoms with E-state index in [1.165, 1.54) is 0 Å². The Balaban J connectivity index is 1.60. The minimum atomic E-state index is -0.303. The molecule has 2 aromatic carbocycles. The Labute approximate surface area is 165 Å². The van der Waals surface area contributed by atoms with Crippen LogP contribution in [0.3, 0.4) is 0 Å². The lowest BCUT2D eigenvalue weighted by atomic mass is 10.1. The van der Waals surface area contributed by atoms with Gasteiger partial charge < -0.3 is 10.2 Å². The molecule has 2 N–H and O–H groups in total. The van der Waals surface area contributed by atoms with Crippen molar-refractivity contribution in [2.24, 2.45) is 4.99 Å². The number of thiocarbonyl (C=S) groups is 1. The molecule has 2 amide bonds. The monoisotopic (exact) mass is 428 g/mol. The lowest BCUT2D eigenvalue weighted by Gasteiger charge is -2.26. The van der Waals surface area contributed by atoms with Crippen molar-refractivity contribution in [3.8, 4) is 0 Å². The van der Waals surface area contributed by atoms with E-state index in [9.17, 15) is 4.79 Å². The summed E-state index contributed by atoms with van der Waals surface area (Å²) in [6.45, 7) is 0.882. The third kappa shape index (κ3) is 3.37. The molecular weight excluding hydrogens is 412 g/mol. The molecule has 0 bridgehead atoms. The number of aliphatic imine (C=N–C) groups is 1. The normalized spacial score (nSPS) is 18.5. The first-order valence-electron chi connectivity index (χ1n) is 8.44. The number of fused-ring (bicyclic) bond motifs is 2. The molecule has 2 heterocycles. The summed E-state index contributed by atoms with van der Waals surface area (Å²) in [6, 6.07) is 15.0. The van der Waals surface area contributed by atoms with Gasteiger partial charge in [0.1, 0.15) is 10.8 Å². The fourth-order valence-electron chi connectivity index (χ4n) is 3.33. The fraction of sp³-hybridized carbons (Fsp3) is 0.211. The van der Waals surface area contributed by atoms with Gasteiger partial charge in [-0.3, -0.25) is 5.32 Å². The van der Waals surface area contributed by atoms with Gasteiger partial charge in [-0.25, -0.2) is 9.79 Å². The third-order valence-corrected chi connectivity index (χ3v) is 5.53. The molecule has 2 aromatic rings. The molecule has 2 aliphatic heterocycles. The van der Waals surface area contributed by atoms with Crippen LogP contribution in [0.25, 0.3) is 0 Å². The van der Waals surface area contributed by atoms with Gasteiger partial charge in [-0.05, 0) is 49.2 Å². The number of rotatable bonds is 1. The van der Waals surface area contributed by atoms with Crippen LogP contribution in [0.2, 0.25) is 0 Å². The maximum atomic E-state index is 12.5. The fourth-order valence-corrected chi connectivity index (χ4v) is 3.98. The largest absolute Gasteiger partial charge is 0.352 e. The molecule has 1 saturated heterocycles. The average Bonchev–Trinajstić information content (AvgIpc) is 3.09. The Hall–Kier alpha value is -2.25. The van der Waals surface area contributed by atoms with Gasteiger partial charge in [0.15, 0.2) is 0 Å². The van der Waals surface area contributed by atoms with E-state index in [-0.39, 0.29) is 12.1 Å². The van der Waals surface area contributed by atoms with Crippen LogP contribution >= 0.6 is 28.1 Å². The molecule has 1 fully saturated rings. The van der Waals surface area contributed by atoms with Crippen LogP contribution in [0.1, 0.15) is 18.4 Å². The number of carbonyl (C=O) groups is 1. The molecule has 1 atom stereocenters. The number of amidine groups is 1. The van der Waals surface area contributed by atoms with Crippen molar-refractivity contribution < 1.29 is 4.79 Å². The zero-order valence-corrected chi connectivity index (χ0v) is 16.3. The number of para-hydroxylation sites is 1. The van der Waals surface area contributed by atoms with E-state index in [2.05, 4.69) is 31.5 Å². The summed E-state index contributed by atoms with van der Waals surface area (Å²) in [5.74, 6) is 0.643. The number of nitrogens with one attached hydrogen (secondary N) is 2. The van der Waals surface area contributed by atoms with Crippen LogP contribution in [0.4, 0.5) is 16.2 Å². The van der Waals surface area contributed by atoms with Gasteiger partial charge in [-0.1, -0.05) is 40.3 Å². The highest BCUT2D eigenvalue weighted by atomic mass is 79.9. The number of urea groups is 1. The molecule has 7 heteroatoms. The maximum Gasteiger partial charge on any atom is 0.324 e. The highest BCUT2D eigenvalue weighted by Crippen LogP contribution is 2.30. The molecule has 0 aromatic heterocycles. The molecule has 0 saturated carbocycles. The summed E-state index contributed by atoms with van der Waals surface area (Å²) in [7, 11) is 0. The Kier molecular flexibility index (Phi) is 4.74. The number of benzene rings is 2. The van der Waals surface area contributed by atoms with E-state index in [1.54, 1.807) is 0 Å². The van der Waals surface area contributed by atoms with Crippen molar-refractivity contribution in [3.63, 3.8) is 0 Å². The first-order chi connectivity index (χ1) is 12.6. The zero-order valence-electron chi connectivity index (χ0n) is 13.9. The van der Waals surface area contributed by atoms with E-state index >= 15 is 0 Å². The number of anilines is 1. The molecular formula is C19H17BrN4OS. The second-order valence-electron chi connectivity index (χ2n) is 6.26. The van der Waals surface area contributed by atoms with Crippen molar-refractivity contribution in [1.29, 1.82) is 0 Å². The molecule has 4 rings (SSSR count). The quantitative estimate of drug-likeness (QED) is 0.659. The highest BCUT2D eigenvalue weighted by molar-refractivity contribution is 9.10. The Morgan fingerprint density at radius 2 is 1.92 bits per heavy atom. The van der Waals surface area contributed by atoms with E-state index in [0.717, 1.165) is 45.8 Å². The number of hydrogen-bond acceptors (Lipinski definition) is 3. The number of carbonyl (C=O) groups excluding carboxylic acids is 1. The summed E-state index contributed by atoms with van der Waals surface area (Å²) in [6.07, 6.45) is 1.95. The molecule has 0 radical (unpaired) electrons. The minimum Gasteiger partial charge on any atom is -0.352 e. The van der Waals surface area contributed by atoms with Gasteiger partial charge in [-0.2, -0.15) is 0 Å². The summed E-state index contributed by atoms with van der Waals surface area (Å²) in [5, 5.41) is 5.79. The predicted molar refractivity (Wildman–Crippen MR) is 111 cm³/mol. The number of nitrogens with zero attached hydrogens (tertiary/aromatic N) is 2. The first kappa shape index (κ1) is 17.2. The van der Waals surface area contributed by atoms with E-state index < -0.39 is 0 Å². The van der Waals surface area contributed by atoms with Crippen molar-refractivity contribution in [2.75, 3.05) is 11.9 Å². The lowest BCUT2D eigenvalue weighted by Crippen LogP contribution is -2.47. The van der Waals surface area contributed by atoms with Gasteiger partial charge in [0.2, 0.25) is 0 Å². The second kappa shape index (κ2) is 7.17. The topological polar surface area (TPSA) is 56.7 Å². The molecule has 2 aliphatic rings. The van der Waals surface area contributed by atoms with E-state index in [1.807, 2.05) is 48.5 Å². The van der Waals surface area contributed by atoms with Crippen molar-refractivity contribution >= 4 is 56.4 Å². The Morgan fingerprint density at radius 3 is 2.73 bits per heavy atom. The molecule has 26 heavy (non-hydrogen) atoms. The van der Waals surface area contributed by atoms with Crippen molar-refractivity contribution in [3.05, 3.63) is 58.6 Å². The van der Waals surface area contributed by atoms with Gasteiger partial charge in [0.25, 0.3) is 0 Å². The summed E-state index contributed by atoms with van der Waals surface area (Å²) in [4.78, 5) is 20.2. The highest BCUT2D eigenvalue weighted by Gasteiger charge is 2.35. The zero-order chi connectivity index (χ0) is 18.1. The molecule has 1 unspecified atom stereocenters. The maximum absolute atomic E-state index is 12.5. The van der Waals surface area contributed by atoms with E-state index in [4.69, 9.17) is 17.2 Å². The molecule has 0 aliphatic carbocycles. The third-order valence-electron chi connectivity index (χ3n) is 4.55. The van der Waals surface area contributed by atoms with Crippen LogP contribution in [-0.4, -0.2) is 34.3 Å². The van der Waals surface area contributed by atoms with Crippen molar-refractivity contribution in [2.45, 2.75) is 18.9 Å². The average molecular weight is 429 g/mol. The van der Waals surface area contributed by atoms with Crippen LogP contribution < -0.4 is 10.6 Å². The standard InChI is InChI=1S/C19H17BrN4OS/c20-12-7-9-13(10-8-12)21-19(25)23-17-16-6-3-11-24(16)18(26)14-4-1-2-5-15(14)22-17/h1-2,4-5,7-10,16H,3,6,11H2,(H2,21,22,23,25). The predicted octanol–water partition coefficient (Wildman–Crippen LogP) is 4.45. The smallest absolute Gasteiger partial charge is 0.324 e. The van der Waals surface area contributed by atoms with Crippen LogP contribution in [0.15, 0.2) is 58.0 Å². The van der Waals surface area contributed by atoms with Crippen LogP contribution in [0, 0.1) is 0 Å². The summed E-state index contributed by atoms with van der Waals surface area (Å²) >= 11 is 9.07. The lowest BCUT2D eigenvalue weighted by molar-refractivity contribution is 0.255. The van der Waals surface area contributed by atoms with Gasteiger partial charge in [0.05, 0.1) is 11.7 Å². The second-order valence-corrected chi connectivity index (χ2v) is 7.56. The van der Waals surface area contributed by atoms with Crippen LogP contribution in [-0.2, 0) is 0 Å². The molecule has 132 valence electrons. The summed E-state index contributed by atoms with van der Waals surface area (Å²) in [5.41, 5.74) is 2.46. The van der Waals surface area contributed by atoms with Gasteiger partial charge in [0, 0.05) is 22.3 Å². The van der Waals surface area contributed by atoms with Gasteiger partial charge >= 0.3 is 6.03 Å². The molecule has 5 nitrogen and oxygen atoms in total.